The molecule has 7 heteroatoms. The van der Waals surface area contributed by atoms with Crippen molar-refractivity contribution in [2.24, 2.45) is 7.05 Å². The fraction of sp³-hybridized carbons (Fsp3) is 0.200. The van der Waals surface area contributed by atoms with Crippen molar-refractivity contribution >= 4 is 23.3 Å². The Morgan fingerprint density at radius 1 is 1.35 bits per heavy atom. The first-order valence-electron chi connectivity index (χ1n) is 4.85. The van der Waals surface area contributed by atoms with E-state index in [0.29, 0.717) is 11.4 Å². The molecule has 0 aliphatic heterocycles. The summed E-state index contributed by atoms with van der Waals surface area (Å²) >= 11 is 5.59. The third-order valence-electron chi connectivity index (χ3n) is 2.34. The molecule has 17 heavy (non-hydrogen) atoms. The van der Waals surface area contributed by atoms with Gasteiger partial charge in [-0.1, -0.05) is 11.6 Å². The van der Waals surface area contributed by atoms with Gasteiger partial charge in [0.1, 0.15) is 5.15 Å². The molecule has 0 saturated heterocycles. The van der Waals surface area contributed by atoms with E-state index in [0.717, 1.165) is 5.69 Å². The van der Waals surface area contributed by atoms with Crippen LogP contribution in [0.15, 0.2) is 18.6 Å². The van der Waals surface area contributed by atoms with Gasteiger partial charge < -0.3 is 5.32 Å². The fourth-order valence-corrected chi connectivity index (χ4v) is 1.38. The topological polar surface area (TPSA) is 72.7 Å². The van der Waals surface area contributed by atoms with Crippen molar-refractivity contribution in [3.8, 4) is 0 Å². The third kappa shape index (κ3) is 2.42. The zero-order valence-electron chi connectivity index (χ0n) is 9.31. The Hall–Kier alpha value is -1.95. The Kier molecular flexibility index (Phi) is 3.06. The molecule has 0 aliphatic carbocycles. The molecule has 0 fully saturated rings. The second-order valence-electron chi connectivity index (χ2n) is 3.45. The maximum Gasteiger partial charge on any atom is 0.260 e. The molecule has 0 bridgehead atoms. The van der Waals surface area contributed by atoms with Crippen LogP contribution in [0.3, 0.4) is 0 Å². The minimum absolute atomic E-state index is 0.271. The van der Waals surface area contributed by atoms with Crippen LogP contribution in [0.5, 0.6) is 0 Å². The van der Waals surface area contributed by atoms with E-state index in [-0.39, 0.29) is 11.1 Å². The summed E-state index contributed by atoms with van der Waals surface area (Å²) in [5.41, 5.74) is 1.29. The molecular formula is C10H10ClN5O. The van der Waals surface area contributed by atoms with E-state index in [1.165, 1.54) is 18.6 Å². The predicted octanol–water partition coefficient (Wildman–Crippen LogP) is 1.42. The van der Waals surface area contributed by atoms with E-state index in [1.807, 2.05) is 6.92 Å². The average Bonchev–Trinajstić information content (AvgIpc) is 2.63. The maximum absolute atomic E-state index is 11.9. The van der Waals surface area contributed by atoms with Gasteiger partial charge in [-0.05, 0) is 6.92 Å². The first-order valence-corrected chi connectivity index (χ1v) is 5.23. The van der Waals surface area contributed by atoms with Gasteiger partial charge in [-0.25, -0.2) is 9.97 Å². The van der Waals surface area contributed by atoms with Crippen LogP contribution >= 0.6 is 11.6 Å². The predicted molar refractivity (Wildman–Crippen MR) is 62.9 cm³/mol. The zero-order chi connectivity index (χ0) is 12.4. The highest BCUT2D eigenvalue weighted by Crippen LogP contribution is 2.10. The Morgan fingerprint density at radius 2 is 2.12 bits per heavy atom. The number of rotatable bonds is 2. The molecule has 0 radical (unpaired) electrons. The van der Waals surface area contributed by atoms with Crippen LogP contribution in [0, 0.1) is 6.92 Å². The SMILES string of the molecule is Cc1c(C(=O)Nc2cnc(Cl)cn2)cnn1C. The molecule has 0 aromatic carbocycles. The lowest BCUT2D eigenvalue weighted by atomic mass is 10.2. The fourth-order valence-electron chi connectivity index (χ4n) is 1.28. The Morgan fingerprint density at radius 3 is 2.65 bits per heavy atom. The van der Waals surface area contributed by atoms with E-state index < -0.39 is 0 Å². The summed E-state index contributed by atoms with van der Waals surface area (Å²) in [4.78, 5) is 19.6. The Bertz CT molecular complexity index is 548. The van der Waals surface area contributed by atoms with Crippen molar-refractivity contribution < 1.29 is 4.79 Å². The molecule has 2 aromatic rings. The quantitative estimate of drug-likeness (QED) is 0.876. The van der Waals surface area contributed by atoms with Gasteiger partial charge in [0.2, 0.25) is 0 Å². The molecule has 0 saturated carbocycles. The molecule has 0 unspecified atom stereocenters. The molecule has 88 valence electrons. The molecule has 0 spiro atoms. The molecule has 0 aliphatic rings. The van der Waals surface area contributed by atoms with E-state index in [1.54, 1.807) is 11.7 Å². The normalized spacial score (nSPS) is 10.3. The van der Waals surface area contributed by atoms with E-state index in [2.05, 4.69) is 20.4 Å². The van der Waals surface area contributed by atoms with E-state index >= 15 is 0 Å². The van der Waals surface area contributed by atoms with Crippen LogP contribution in [0.4, 0.5) is 5.82 Å². The van der Waals surface area contributed by atoms with Crippen LogP contribution in [0.2, 0.25) is 5.15 Å². The van der Waals surface area contributed by atoms with Crippen molar-refractivity contribution in [1.82, 2.24) is 19.7 Å². The largest absolute Gasteiger partial charge is 0.305 e. The number of amides is 1. The summed E-state index contributed by atoms with van der Waals surface area (Å²) in [5.74, 6) is 0.0786. The standard InChI is InChI=1S/C10H10ClN5O/c1-6-7(3-14-16(6)2)10(17)15-9-5-12-8(11)4-13-9/h3-5H,1-2H3,(H,13,15,17). The molecule has 2 rings (SSSR count). The van der Waals surface area contributed by atoms with Crippen molar-refractivity contribution in [3.05, 3.63) is 35.0 Å². The lowest BCUT2D eigenvalue weighted by Crippen LogP contribution is -2.14. The maximum atomic E-state index is 11.9. The van der Waals surface area contributed by atoms with Gasteiger partial charge in [-0.3, -0.25) is 9.48 Å². The molecule has 2 aromatic heterocycles. The molecular weight excluding hydrogens is 242 g/mol. The highest BCUT2D eigenvalue weighted by Gasteiger charge is 2.13. The van der Waals surface area contributed by atoms with E-state index in [4.69, 9.17) is 11.6 Å². The summed E-state index contributed by atoms with van der Waals surface area (Å²) in [5, 5.41) is 6.89. The summed E-state index contributed by atoms with van der Waals surface area (Å²) in [6, 6.07) is 0. The van der Waals surface area contributed by atoms with Gasteiger partial charge >= 0.3 is 0 Å². The van der Waals surface area contributed by atoms with Crippen LogP contribution in [0.1, 0.15) is 16.1 Å². The van der Waals surface area contributed by atoms with E-state index in [9.17, 15) is 4.79 Å². The monoisotopic (exact) mass is 251 g/mol. The molecule has 1 N–H and O–H groups in total. The third-order valence-corrected chi connectivity index (χ3v) is 2.54. The van der Waals surface area contributed by atoms with Crippen molar-refractivity contribution in [2.45, 2.75) is 6.92 Å². The lowest BCUT2D eigenvalue weighted by molar-refractivity contribution is 0.102. The van der Waals surface area contributed by atoms with Crippen molar-refractivity contribution in [3.63, 3.8) is 0 Å². The van der Waals surface area contributed by atoms with Crippen LogP contribution in [-0.4, -0.2) is 25.7 Å². The molecule has 2 heterocycles. The molecule has 0 atom stereocenters. The summed E-state index contributed by atoms with van der Waals surface area (Å²) < 4.78 is 1.63. The lowest BCUT2D eigenvalue weighted by Gasteiger charge is -2.03. The van der Waals surface area contributed by atoms with Crippen molar-refractivity contribution in [2.75, 3.05) is 5.32 Å². The number of hydrogen-bond donors (Lipinski definition) is 1. The number of anilines is 1. The number of halogens is 1. The first kappa shape index (κ1) is 11.5. The van der Waals surface area contributed by atoms with Crippen LogP contribution in [0.25, 0.3) is 0 Å². The Balaban J connectivity index is 2.17. The average molecular weight is 252 g/mol. The molecule has 1 amide bonds. The van der Waals surface area contributed by atoms with Gasteiger partial charge in [0.15, 0.2) is 5.82 Å². The number of aromatic nitrogens is 4. The van der Waals surface area contributed by atoms with Crippen LogP contribution < -0.4 is 5.32 Å². The van der Waals surface area contributed by atoms with Gasteiger partial charge in [-0.2, -0.15) is 5.10 Å². The second kappa shape index (κ2) is 4.50. The first-order chi connectivity index (χ1) is 8.08. The summed E-state index contributed by atoms with van der Waals surface area (Å²) in [7, 11) is 1.77. The number of carbonyl (C=O) groups excluding carboxylic acids is 1. The number of carbonyl (C=O) groups is 1. The minimum atomic E-state index is -0.271. The number of nitrogens with zero attached hydrogens (tertiary/aromatic N) is 4. The zero-order valence-corrected chi connectivity index (χ0v) is 10.1. The summed E-state index contributed by atoms with van der Waals surface area (Å²) in [6.07, 6.45) is 4.27. The van der Waals surface area contributed by atoms with Gasteiger partial charge in [0, 0.05) is 12.7 Å². The number of aryl methyl sites for hydroxylation is 1. The second-order valence-corrected chi connectivity index (χ2v) is 3.83. The highest BCUT2D eigenvalue weighted by atomic mass is 35.5. The van der Waals surface area contributed by atoms with Crippen LogP contribution in [-0.2, 0) is 7.05 Å². The van der Waals surface area contributed by atoms with Gasteiger partial charge in [0.05, 0.1) is 24.2 Å². The summed E-state index contributed by atoms with van der Waals surface area (Å²) in [6.45, 7) is 1.81. The van der Waals surface area contributed by atoms with Gasteiger partial charge in [0.25, 0.3) is 5.91 Å². The van der Waals surface area contributed by atoms with Gasteiger partial charge in [-0.15, -0.1) is 0 Å². The van der Waals surface area contributed by atoms with Crippen molar-refractivity contribution in [1.29, 1.82) is 0 Å². The Labute approximate surface area is 103 Å². The number of hydrogen-bond acceptors (Lipinski definition) is 4. The minimum Gasteiger partial charge on any atom is -0.305 e. The number of nitrogens with one attached hydrogen (secondary N) is 1. The molecule has 6 nitrogen and oxygen atoms in total. The smallest absolute Gasteiger partial charge is 0.260 e. The highest BCUT2D eigenvalue weighted by molar-refractivity contribution is 6.29.